The molecule has 0 bridgehead atoms. The average Bonchev–Trinajstić information content (AvgIpc) is 3.19. The normalized spacial score (nSPS) is 11.8. The molecule has 0 saturated carbocycles. The van der Waals surface area contributed by atoms with E-state index in [1.807, 2.05) is 67.6 Å². The quantitative estimate of drug-likeness (QED) is 0.368. The van der Waals surface area contributed by atoms with E-state index in [0.29, 0.717) is 34.4 Å². The molecule has 35 heavy (non-hydrogen) atoms. The molecule has 6 rings (SSSR count). The molecule has 0 aliphatic rings. The summed E-state index contributed by atoms with van der Waals surface area (Å²) in [6.45, 7) is 2.44. The van der Waals surface area contributed by atoms with Gasteiger partial charge in [-0.1, -0.05) is 48.5 Å². The van der Waals surface area contributed by atoms with Gasteiger partial charge in [-0.2, -0.15) is 0 Å². The van der Waals surface area contributed by atoms with Crippen LogP contribution in [0.1, 0.15) is 17.1 Å². The van der Waals surface area contributed by atoms with Crippen LogP contribution in [0.4, 0.5) is 0 Å². The standard InChI is InChI=1S/C27H21N7O/c1-18-30-25-23(27(35)33(18)16-14-19-9-3-2-4-10-19)24-26(32-22-13-6-5-12-21(22)31-24)34(25)29-17-20-11-7-8-15-28-20/h2-13,15,17H,14,16H2,1H3/p+1. The molecule has 0 aliphatic heterocycles. The van der Waals surface area contributed by atoms with Gasteiger partial charge in [0.15, 0.2) is 5.39 Å². The number of hydrogen-bond acceptors (Lipinski definition) is 5. The SMILES string of the molecule is Cc1[nH+]c2c(c(=O)n1CCc1ccccc1)c1nc3ccccc3nc1n2N=Cc1ccccn1. The lowest BCUT2D eigenvalue weighted by Crippen LogP contribution is -2.31. The predicted molar refractivity (Wildman–Crippen MR) is 135 cm³/mol. The Balaban J connectivity index is 1.58. The Kier molecular flexibility index (Phi) is 5.11. The second-order valence-electron chi connectivity index (χ2n) is 8.32. The zero-order chi connectivity index (χ0) is 23.8. The molecule has 0 unspecified atom stereocenters. The lowest BCUT2D eigenvalue weighted by Gasteiger charge is -2.05. The summed E-state index contributed by atoms with van der Waals surface area (Å²) < 4.78 is 3.41. The number of pyridine rings is 1. The monoisotopic (exact) mass is 460 g/mol. The van der Waals surface area contributed by atoms with Crippen LogP contribution in [-0.4, -0.2) is 30.4 Å². The molecule has 0 atom stereocenters. The Morgan fingerprint density at radius 3 is 2.46 bits per heavy atom. The van der Waals surface area contributed by atoms with Crippen LogP contribution >= 0.6 is 0 Å². The third kappa shape index (κ3) is 3.74. The first-order valence-electron chi connectivity index (χ1n) is 11.4. The van der Waals surface area contributed by atoms with Gasteiger partial charge in [-0.25, -0.2) is 24.3 Å². The summed E-state index contributed by atoms with van der Waals surface area (Å²) in [7, 11) is 0. The van der Waals surface area contributed by atoms with E-state index in [9.17, 15) is 4.79 Å². The van der Waals surface area contributed by atoms with E-state index in [1.165, 1.54) is 5.56 Å². The highest BCUT2D eigenvalue weighted by molar-refractivity contribution is 6.03. The fourth-order valence-corrected chi connectivity index (χ4v) is 4.31. The number of hydrogen-bond donors (Lipinski definition) is 0. The van der Waals surface area contributed by atoms with Gasteiger partial charge in [0.05, 0.1) is 29.5 Å². The summed E-state index contributed by atoms with van der Waals surface area (Å²) >= 11 is 0. The highest BCUT2D eigenvalue weighted by Crippen LogP contribution is 2.24. The molecule has 170 valence electrons. The van der Waals surface area contributed by atoms with Crippen molar-refractivity contribution in [2.75, 3.05) is 0 Å². The first-order chi connectivity index (χ1) is 17.2. The van der Waals surface area contributed by atoms with Gasteiger partial charge in [0.25, 0.3) is 5.65 Å². The van der Waals surface area contributed by atoms with Crippen LogP contribution in [0.25, 0.3) is 33.2 Å². The Bertz CT molecular complexity index is 1770. The fraction of sp³-hybridized carbons (Fsp3) is 0.111. The second-order valence-corrected chi connectivity index (χ2v) is 8.32. The van der Waals surface area contributed by atoms with Crippen molar-refractivity contribution in [1.29, 1.82) is 0 Å². The van der Waals surface area contributed by atoms with E-state index < -0.39 is 0 Å². The Morgan fingerprint density at radius 1 is 0.943 bits per heavy atom. The number of para-hydroxylation sites is 2. The van der Waals surface area contributed by atoms with Crippen LogP contribution in [0.3, 0.4) is 0 Å². The first-order valence-corrected chi connectivity index (χ1v) is 11.4. The molecule has 0 aliphatic carbocycles. The van der Waals surface area contributed by atoms with Crippen molar-refractivity contribution in [3.05, 3.63) is 106 Å². The van der Waals surface area contributed by atoms with Crippen LogP contribution in [0.5, 0.6) is 0 Å². The van der Waals surface area contributed by atoms with Crippen LogP contribution in [-0.2, 0) is 13.0 Å². The minimum Gasteiger partial charge on any atom is -0.255 e. The molecule has 1 N–H and O–H groups in total. The minimum atomic E-state index is -0.117. The van der Waals surface area contributed by atoms with Gasteiger partial charge >= 0.3 is 5.56 Å². The molecular weight excluding hydrogens is 438 g/mol. The van der Waals surface area contributed by atoms with E-state index in [0.717, 1.165) is 23.3 Å². The van der Waals surface area contributed by atoms with Crippen LogP contribution in [0.2, 0.25) is 0 Å². The smallest absolute Gasteiger partial charge is 0.255 e. The molecule has 0 radical (unpaired) electrons. The number of aryl methyl sites for hydroxylation is 2. The Labute approximate surface area is 200 Å². The number of aromatic nitrogens is 6. The van der Waals surface area contributed by atoms with Crippen molar-refractivity contribution < 1.29 is 4.98 Å². The predicted octanol–water partition coefficient (Wildman–Crippen LogP) is 3.54. The molecule has 2 aromatic carbocycles. The van der Waals surface area contributed by atoms with Gasteiger partial charge in [-0.05, 0) is 29.8 Å². The lowest BCUT2D eigenvalue weighted by molar-refractivity contribution is -0.368. The van der Waals surface area contributed by atoms with Crippen molar-refractivity contribution >= 4 is 39.4 Å². The van der Waals surface area contributed by atoms with Gasteiger partial charge < -0.3 is 0 Å². The Morgan fingerprint density at radius 2 is 1.69 bits per heavy atom. The highest BCUT2D eigenvalue weighted by Gasteiger charge is 2.26. The number of fused-ring (bicyclic) bond motifs is 4. The van der Waals surface area contributed by atoms with Crippen molar-refractivity contribution in [1.82, 2.24) is 24.2 Å². The molecular formula is C27H22N7O+. The molecule has 0 amide bonds. The van der Waals surface area contributed by atoms with Crippen LogP contribution < -0.4 is 10.5 Å². The largest absolute Gasteiger partial charge is 0.323 e. The van der Waals surface area contributed by atoms with Gasteiger partial charge in [0.2, 0.25) is 11.5 Å². The van der Waals surface area contributed by atoms with Crippen molar-refractivity contribution in [3.63, 3.8) is 0 Å². The molecule has 8 nitrogen and oxygen atoms in total. The number of rotatable bonds is 5. The third-order valence-corrected chi connectivity index (χ3v) is 6.06. The van der Waals surface area contributed by atoms with Crippen molar-refractivity contribution in [2.24, 2.45) is 5.10 Å². The average molecular weight is 461 g/mol. The van der Waals surface area contributed by atoms with Gasteiger partial charge in [-0.3, -0.25) is 4.98 Å². The zero-order valence-electron chi connectivity index (χ0n) is 19.1. The molecule has 4 aromatic heterocycles. The number of aromatic amines is 1. The zero-order valence-corrected chi connectivity index (χ0v) is 19.1. The van der Waals surface area contributed by atoms with Crippen LogP contribution in [0.15, 0.2) is 88.9 Å². The summed E-state index contributed by atoms with van der Waals surface area (Å²) in [5.41, 5.74) is 4.80. The second kappa shape index (κ2) is 8.57. The van der Waals surface area contributed by atoms with E-state index in [-0.39, 0.29) is 5.56 Å². The maximum atomic E-state index is 13.8. The number of nitrogens with zero attached hydrogens (tertiary/aromatic N) is 6. The molecule has 0 spiro atoms. The number of benzene rings is 2. The molecule has 8 heteroatoms. The van der Waals surface area contributed by atoms with E-state index >= 15 is 0 Å². The van der Waals surface area contributed by atoms with Gasteiger partial charge in [-0.15, -0.1) is 9.78 Å². The number of H-pyrrole nitrogens is 1. The molecule has 4 heterocycles. The van der Waals surface area contributed by atoms with Gasteiger partial charge in [0.1, 0.15) is 5.52 Å². The highest BCUT2D eigenvalue weighted by atomic mass is 16.1. The van der Waals surface area contributed by atoms with E-state index in [1.54, 1.807) is 21.7 Å². The molecule has 6 aromatic rings. The topological polar surface area (TPSA) is 92.1 Å². The lowest BCUT2D eigenvalue weighted by atomic mass is 10.1. The maximum absolute atomic E-state index is 13.8. The fourth-order valence-electron chi connectivity index (χ4n) is 4.31. The maximum Gasteiger partial charge on any atom is 0.323 e. The first kappa shape index (κ1) is 20.9. The molecule has 0 fully saturated rings. The number of nitrogens with one attached hydrogen (secondary N) is 1. The Hall–Kier alpha value is -4.72. The van der Waals surface area contributed by atoms with Crippen molar-refractivity contribution in [2.45, 2.75) is 19.9 Å². The summed E-state index contributed by atoms with van der Waals surface area (Å²) in [6.07, 6.45) is 4.11. The summed E-state index contributed by atoms with van der Waals surface area (Å²) in [5.74, 6) is 0.736. The summed E-state index contributed by atoms with van der Waals surface area (Å²) in [4.78, 5) is 31.2. The molecule has 0 saturated heterocycles. The minimum absolute atomic E-state index is 0.117. The van der Waals surface area contributed by atoms with Gasteiger partial charge in [0, 0.05) is 19.5 Å². The summed E-state index contributed by atoms with van der Waals surface area (Å²) in [5, 5.41) is 5.12. The van der Waals surface area contributed by atoms with E-state index in [4.69, 9.17) is 9.97 Å². The van der Waals surface area contributed by atoms with Crippen LogP contribution in [0, 0.1) is 6.92 Å². The summed E-state index contributed by atoms with van der Waals surface area (Å²) in [6, 6.07) is 23.4. The van der Waals surface area contributed by atoms with Crippen molar-refractivity contribution in [3.8, 4) is 0 Å². The van der Waals surface area contributed by atoms with E-state index in [2.05, 4.69) is 27.2 Å². The third-order valence-electron chi connectivity index (χ3n) is 6.06.